The largest absolute Gasteiger partial charge is 0.461 e. The van der Waals surface area contributed by atoms with E-state index in [2.05, 4.69) is 5.32 Å². The van der Waals surface area contributed by atoms with Crippen molar-refractivity contribution in [2.24, 2.45) is 0 Å². The standard InChI is InChI=1S/C18H26FNO4/c1-11-9-14(19)7-8-15(11)12(2)13(3)23-16(21)10-20-17(22)24-18(4,5)6/h7-9,12-13H,10H2,1-6H3,(H,20,22)/t12-,13+/m1/s1. The van der Waals surface area contributed by atoms with Crippen molar-refractivity contribution in [1.29, 1.82) is 0 Å². The SMILES string of the molecule is Cc1cc(F)ccc1[C@H](C)[C@H](C)OC(=O)CNC(=O)OC(C)(C)C. The number of esters is 1. The summed E-state index contributed by atoms with van der Waals surface area (Å²) in [4.78, 5) is 23.4. The van der Waals surface area contributed by atoms with E-state index in [9.17, 15) is 14.0 Å². The highest BCUT2D eigenvalue weighted by Crippen LogP contribution is 2.25. The summed E-state index contributed by atoms with van der Waals surface area (Å²) in [6.45, 7) is 10.4. The summed E-state index contributed by atoms with van der Waals surface area (Å²) in [6, 6.07) is 4.53. The summed E-state index contributed by atoms with van der Waals surface area (Å²) >= 11 is 0. The predicted octanol–water partition coefficient (Wildman–Crippen LogP) is 3.69. The highest BCUT2D eigenvalue weighted by atomic mass is 19.1. The zero-order valence-electron chi connectivity index (χ0n) is 15.1. The van der Waals surface area contributed by atoms with Gasteiger partial charge in [-0.25, -0.2) is 9.18 Å². The van der Waals surface area contributed by atoms with Crippen LogP contribution in [-0.2, 0) is 14.3 Å². The first kappa shape index (κ1) is 19.9. The number of benzene rings is 1. The zero-order chi connectivity index (χ0) is 18.5. The second-order valence-electron chi connectivity index (χ2n) is 6.84. The van der Waals surface area contributed by atoms with Crippen molar-refractivity contribution >= 4 is 12.1 Å². The van der Waals surface area contributed by atoms with Crippen molar-refractivity contribution < 1.29 is 23.5 Å². The second kappa shape index (κ2) is 8.13. The molecule has 0 spiro atoms. The Morgan fingerprint density at radius 1 is 1.25 bits per heavy atom. The maximum atomic E-state index is 13.2. The minimum absolute atomic E-state index is 0.101. The summed E-state index contributed by atoms with van der Waals surface area (Å²) in [7, 11) is 0. The van der Waals surface area contributed by atoms with E-state index < -0.39 is 23.8 Å². The number of carbonyl (C=O) groups excluding carboxylic acids is 2. The first-order valence-corrected chi connectivity index (χ1v) is 7.92. The molecule has 0 aliphatic heterocycles. The van der Waals surface area contributed by atoms with E-state index >= 15 is 0 Å². The third-order valence-corrected chi connectivity index (χ3v) is 3.52. The molecule has 0 unspecified atom stereocenters. The smallest absolute Gasteiger partial charge is 0.408 e. The molecular formula is C18H26FNO4. The molecule has 1 aromatic carbocycles. The lowest BCUT2D eigenvalue weighted by Gasteiger charge is -2.23. The average molecular weight is 339 g/mol. The maximum absolute atomic E-state index is 13.2. The Bertz CT molecular complexity index is 595. The van der Waals surface area contributed by atoms with Crippen LogP contribution < -0.4 is 5.32 Å². The van der Waals surface area contributed by atoms with Gasteiger partial charge in [0.2, 0.25) is 0 Å². The zero-order valence-corrected chi connectivity index (χ0v) is 15.1. The predicted molar refractivity (Wildman–Crippen MR) is 89.3 cm³/mol. The van der Waals surface area contributed by atoms with E-state index in [0.29, 0.717) is 0 Å². The van der Waals surface area contributed by atoms with E-state index in [-0.39, 0.29) is 18.3 Å². The minimum Gasteiger partial charge on any atom is -0.461 e. The van der Waals surface area contributed by atoms with E-state index in [0.717, 1.165) is 11.1 Å². The number of rotatable bonds is 5. The van der Waals surface area contributed by atoms with Crippen molar-refractivity contribution in [3.63, 3.8) is 0 Å². The molecule has 1 amide bonds. The normalized spacial score (nSPS) is 13.8. The van der Waals surface area contributed by atoms with Gasteiger partial charge in [0, 0.05) is 5.92 Å². The molecule has 24 heavy (non-hydrogen) atoms. The minimum atomic E-state index is -0.672. The van der Waals surface area contributed by atoms with Crippen molar-refractivity contribution in [2.45, 2.75) is 59.2 Å². The number of alkyl carbamates (subject to hydrolysis) is 1. The fraction of sp³-hybridized carbons (Fsp3) is 0.556. The van der Waals surface area contributed by atoms with Crippen LogP contribution in [0.1, 0.15) is 51.7 Å². The van der Waals surface area contributed by atoms with Gasteiger partial charge in [-0.3, -0.25) is 4.79 Å². The third kappa shape index (κ3) is 6.56. The molecule has 1 N–H and O–H groups in total. The van der Waals surface area contributed by atoms with Gasteiger partial charge in [-0.05, 0) is 57.9 Å². The van der Waals surface area contributed by atoms with Gasteiger partial charge in [0.05, 0.1) is 0 Å². The summed E-state index contributed by atoms with van der Waals surface area (Å²) in [5.74, 6) is -0.953. The van der Waals surface area contributed by atoms with Gasteiger partial charge in [-0.15, -0.1) is 0 Å². The number of aryl methyl sites for hydroxylation is 1. The van der Waals surface area contributed by atoms with Crippen LogP contribution in [0, 0.1) is 12.7 Å². The molecule has 0 radical (unpaired) electrons. The van der Waals surface area contributed by atoms with Crippen molar-refractivity contribution in [3.8, 4) is 0 Å². The molecule has 6 heteroatoms. The molecule has 134 valence electrons. The number of carbonyl (C=O) groups is 2. The Morgan fingerprint density at radius 2 is 1.88 bits per heavy atom. The topological polar surface area (TPSA) is 64.6 Å². The highest BCUT2D eigenvalue weighted by molar-refractivity contribution is 5.78. The molecule has 0 aliphatic rings. The van der Waals surface area contributed by atoms with Crippen LogP contribution in [0.3, 0.4) is 0 Å². The lowest BCUT2D eigenvalue weighted by Crippen LogP contribution is -2.37. The van der Waals surface area contributed by atoms with Crippen molar-refractivity contribution in [3.05, 3.63) is 35.1 Å². The lowest BCUT2D eigenvalue weighted by molar-refractivity contribution is -0.148. The molecule has 0 bridgehead atoms. The van der Waals surface area contributed by atoms with E-state index in [1.165, 1.54) is 12.1 Å². The summed E-state index contributed by atoms with van der Waals surface area (Å²) in [5.41, 5.74) is 1.09. The number of ether oxygens (including phenoxy) is 2. The molecule has 2 atom stereocenters. The third-order valence-electron chi connectivity index (χ3n) is 3.52. The van der Waals surface area contributed by atoms with Crippen LogP contribution in [0.2, 0.25) is 0 Å². The summed E-state index contributed by atoms with van der Waals surface area (Å²) in [5, 5.41) is 2.36. The Morgan fingerprint density at radius 3 is 2.42 bits per heavy atom. The molecule has 1 aromatic rings. The molecule has 0 saturated heterocycles. The maximum Gasteiger partial charge on any atom is 0.408 e. The lowest BCUT2D eigenvalue weighted by atomic mass is 9.92. The molecule has 0 heterocycles. The fourth-order valence-corrected chi connectivity index (χ4v) is 2.21. The number of hydrogen-bond acceptors (Lipinski definition) is 4. The number of nitrogens with one attached hydrogen (secondary N) is 1. The second-order valence-corrected chi connectivity index (χ2v) is 6.84. The van der Waals surface area contributed by atoms with Crippen LogP contribution in [0.5, 0.6) is 0 Å². The Kier molecular flexibility index (Phi) is 6.75. The van der Waals surface area contributed by atoms with Crippen LogP contribution in [0.15, 0.2) is 18.2 Å². The molecular weight excluding hydrogens is 313 g/mol. The Hall–Kier alpha value is -2.11. The van der Waals surface area contributed by atoms with Crippen molar-refractivity contribution in [2.75, 3.05) is 6.54 Å². The average Bonchev–Trinajstić information content (AvgIpc) is 2.42. The molecule has 5 nitrogen and oxygen atoms in total. The molecule has 0 saturated carbocycles. The van der Waals surface area contributed by atoms with E-state index in [1.807, 2.05) is 13.8 Å². The highest BCUT2D eigenvalue weighted by Gasteiger charge is 2.21. The summed E-state index contributed by atoms with van der Waals surface area (Å²) < 4.78 is 23.6. The number of amides is 1. The van der Waals surface area contributed by atoms with Crippen molar-refractivity contribution in [1.82, 2.24) is 5.32 Å². The van der Waals surface area contributed by atoms with Crippen LogP contribution in [-0.4, -0.2) is 30.3 Å². The van der Waals surface area contributed by atoms with Gasteiger partial charge in [-0.2, -0.15) is 0 Å². The van der Waals surface area contributed by atoms with Crippen LogP contribution in [0.4, 0.5) is 9.18 Å². The van der Waals surface area contributed by atoms with Crippen LogP contribution in [0.25, 0.3) is 0 Å². The number of hydrogen-bond donors (Lipinski definition) is 1. The molecule has 0 aliphatic carbocycles. The van der Waals surface area contributed by atoms with Crippen LogP contribution >= 0.6 is 0 Å². The van der Waals surface area contributed by atoms with E-state index in [4.69, 9.17) is 9.47 Å². The van der Waals surface area contributed by atoms with Gasteiger partial charge < -0.3 is 14.8 Å². The Labute approximate surface area is 142 Å². The van der Waals surface area contributed by atoms with Gasteiger partial charge in [0.25, 0.3) is 0 Å². The molecule has 0 fully saturated rings. The van der Waals surface area contributed by atoms with Gasteiger partial charge in [0.15, 0.2) is 0 Å². The first-order valence-electron chi connectivity index (χ1n) is 7.92. The van der Waals surface area contributed by atoms with Gasteiger partial charge >= 0.3 is 12.1 Å². The monoisotopic (exact) mass is 339 g/mol. The van der Waals surface area contributed by atoms with E-state index in [1.54, 1.807) is 33.8 Å². The summed E-state index contributed by atoms with van der Waals surface area (Å²) in [6.07, 6.45) is -1.09. The van der Waals surface area contributed by atoms with Gasteiger partial charge in [0.1, 0.15) is 24.1 Å². The Balaban J connectivity index is 2.53. The quantitative estimate of drug-likeness (QED) is 0.831. The molecule has 1 rings (SSSR count). The first-order chi connectivity index (χ1) is 11.0. The number of halogens is 1. The fourth-order valence-electron chi connectivity index (χ4n) is 2.21. The molecule has 0 aromatic heterocycles. The van der Waals surface area contributed by atoms with Gasteiger partial charge in [-0.1, -0.05) is 13.0 Å².